The van der Waals surface area contributed by atoms with Crippen molar-refractivity contribution >= 4 is 6.01 Å². The maximum atomic E-state index is 5.84. The van der Waals surface area contributed by atoms with E-state index in [1.807, 2.05) is 0 Å². The molecule has 0 radical (unpaired) electrons. The van der Waals surface area contributed by atoms with Crippen molar-refractivity contribution in [1.29, 1.82) is 0 Å². The van der Waals surface area contributed by atoms with Gasteiger partial charge in [-0.05, 0) is 30.0 Å². The molecule has 0 unspecified atom stereocenters. The molecule has 0 bridgehead atoms. The molecule has 0 saturated carbocycles. The van der Waals surface area contributed by atoms with E-state index in [4.69, 9.17) is 9.15 Å². The molecule has 0 N–H and O–H groups in total. The number of nitrogens with zero attached hydrogens (tertiary/aromatic N) is 3. The molecule has 1 aromatic carbocycles. The summed E-state index contributed by atoms with van der Waals surface area (Å²) >= 11 is 0. The van der Waals surface area contributed by atoms with Crippen molar-refractivity contribution in [3.63, 3.8) is 0 Å². The van der Waals surface area contributed by atoms with E-state index in [1.54, 1.807) is 0 Å². The first-order valence-corrected chi connectivity index (χ1v) is 7.42. The molecular weight excluding hydrogens is 266 g/mol. The first-order chi connectivity index (χ1) is 10.1. The van der Waals surface area contributed by atoms with Gasteiger partial charge in [0, 0.05) is 18.7 Å². The van der Waals surface area contributed by atoms with Crippen LogP contribution in [-0.4, -0.2) is 36.5 Å². The molecule has 112 valence electrons. The van der Waals surface area contributed by atoms with Crippen molar-refractivity contribution in [3.8, 4) is 11.5 Å². The summed E-state index contributed by atoms with van der Waals surface area (Å²) < 4.78 is 11.2. The predicted octanol–water partition coefficient (Wildman–Crippen LogP) is 3.01. The Balaban J connectivity index is 1.85. The lowest BCUT2D eigenvalue weighted by Gasteiger charge is -2.24. The minimum Gasteiger partial charge on any atom is -0.403 e. The Kier molecular flexibility index (Phi) is 3.92. The summed E-state index contributed by atoms with van der Waals surface area (Å²) in [5.41, 5.74) is 3.49. The number of morpholine rings is 1. The molecule has 2 heterocycles. The van der Waals surface area contributed by atoms with Crippen LogP contribution in [0.3, 0.4) is 0 Å². The minimum absolute atomic E-state index is 0.518. The van der Waals surface area contributed by atoms with Crippen molar-refractivity contribution < 1.29 is 9.15 Å². The Morgan fingerprint density at radius 1 is 1.14 bits per heavy atom. The zero-order valence-electron chi connectivity index (χ0n) is 12.8. The van der Waals surface area contributed by atoms with Crippen LogP contribution in [0.1, 0.15) is 30.9 Å². The van der Waals surface area contributed by atoms with Crippen LogP contribution in [0, 0.1) is 6.92 Å². The van der Waals surface area contributed by atoms with Crippen LogP contribution in [0.5, 0.6) is 0 Å². The molecule has 2 aromatic rings. The van der Waals surface area contributed by atoms with Gasteiger partial charge in [0.15, 0.2) is 0 Å². The van der Waals surface area contributed by atoms with Crippen LogP contribution in [0.2, 0.25) is 0 Å². The number of anilines is 1. The molecule has 1 aliphatic heterocycles. The van der Waals surface area contributed by atoms with Gasteiger partial charge < -0.3 is 14.1 Å². The Morgan fingerprint density at radius 3 is 2.57 bits per heavy atom. The van der Waals surface area contributed by atoms with Crippen molar-refractivity contribution in [3.05, 3.63) is 29.3 Å². The smallest absolute Gasteiger partial charge is 0.318 e. The van der Waals surface area contributed by atoms with Crippen LogP contribution < -0.4 is 4.90 Å². The zero-order chi connectivity index (χ0) is 14.8. The topological polar surface area (TPSA) is 51.4 Å². The van der Waals surface area contributed by atoms with Gasteiger partial charge >= 0.3 is 6.01 Å². The normalized spacial score (nSPS) is 15.7. The lowest BCUT2D eigenvalue weighted by atomic mass is 9.98. The van der Waals surface area contributed by atoms with E-state index < -0.39 is 0 Å². The van der Waals surface area contributed by atoms with Crippen LogP contribution in [-0.2, 0) is 4.74 Å². The maximum Gasteiger partial charge on any atom is 0.318 e. The number of aryl methyl sites for hydroxylation is 1. The van der Waals surface area contributed by atoms with E-state index >= 15 is 0 Å². The highest BCUT2D eigenvalue weighted by molar-refractivity contribution is 5.59. The molecular formula is C16H21N3O2. The fourth-order valence-electron chi connectivity index (χ4n) is 2.49. The second-order valence-electron chi connectivity index (χ2n) is 5.72. The van der Waals surface area contributed by atoms with E-state index in [-0.39, 0.29) is 0 Å². The van der Waals surface area contributed by atoms with Gasteiger partial charge in [-0.3, -0.25) is 0 Å². The summed E-state index contributed by atoms with van der Waals surface area (Å²) in [4.78, 5) is 2.07. The van der Waals surface area contributed by atoms with Gasteiger partial charge in [-0.2, -0.15) is 0 Å². The highest BCUT2D eigenvalue weighted by atomic mass is 16.5. The summed E-state index contributed by atoms with van der Waals surface area (Å²) in [6.45, 7) is 9.48. The number of hydrogen-bond donors (Lipinski definition) is 0. The molecule has 5 heteroatoms. The van der Waals surface area contributed by atoms with Gasteiger partial charge in [-0.15, -0.1) is 5.10 Å². The second kappa shape index (κ2) is 5.85. The lowest BCUT2D eigenvalue weighted by Crippen LogP contribution is -2.36. The molecule has 5 nitrogen and oxygen atoms in total. The maximum absolute atomic E-state index is 5.84. The van der Waals surface area contributed by atoms with Crippen LogP contribution in [0.15, 0.2) is 22.6 Å². The van der Waals surface area contributed by atoms with E-state index in [9.17, 15) is 0 Å². The van der Waals surface area contributed by atoms with Crippen molar-refractivity contribution in [2.24, 2.45) is 0 Å². The summed E-state index contributed by atoms with van der Waals surface area (Å²) in [5.74, 6) is 1.11. The summed E-state index contributed by atoms with van der Waals surface area (Å²) in [6.07, 6.45) is 0. The van der Waals surface area contributed by atoms with Gasteiger partial charge in [0.25, 0.3) is 0 Å². The minimum atomic E-state index is 0.518. The Bertz CT molecular complexity index is 616. The third-order valence-electron chi connectivity index (χ3n) is 3.84. The van der Waals surface area contributed by atoms with E-state index in [0.717, 1.165) is 18.7 Å². The summed E-state index contributed by atoms with van der Waals surface area (Å²) in [5, 5.41) is 8.37. The third kappa shape index (κ3) is 2.93. The molecule has 0 amide bonds. The molecule has 21 heavy (non-hydrogen) atoms. The first kappa shape index (κ1) is 14.1. The average Bonchev–Trinajstić information content (AvgIpc) is 2.97. The third-order valence-corrected chi connectivity index (χ3v) is 3.84. The average molecular weight is 287 g/mol. The van der Waals surface area contributed by atoms with Gasteiger partial charge in [0.2, 0.25) is 5.89 Å². The summed E-state index contributed by atoms with van der Waals surface area (Å²) in [6, 6.07) is 6.98. The van der Waals surface area contributed by atoms with Gasteiger partial charge in [0.05, 0.1) is 13.2 Å². The molecule has 0 aliphatic carbocycles. The molecule has 1 aromatic heterocycles. The highest BCUT2D eigenvalue weighted by Crippen LogP contribution is 2.27. The fourth-order valence-corrected chi connectivity index (χ4v) is 2.49. The van der Waals surface area contributed by atoms with Gasteiger partial charge in [-0.25, -0.2) is 0 Å². The largest absolute Gasteiger partial charge is 0.403 e. The molecule has 1 saturated heterocycles. The van der Waals surface area contributed by atoms with Crippen LogP contribution in [0.25, 0.3) is 11.5 Å². The summed E-state index contributed by atoms with van der Waals surface area (Å²) in [7, 11) is 0. The number of aromatic nitrogens is 2. The van der Waals surface area contributed by atoms with Crippen LogP contribution in [0.4, 0.5) is 6.01 Å². The molecule has 1 aliphatic rings. The van der Waals surface area contributed by atoms with Gasteiger partial charge in [0.1, 0.15) is 0 Å². The van der Waals surface area contributed by atoms with Crippen molar-refractivity contribution in [2.45, 2.75) is 26.7 Å². The molecule has 3 rings (SSSR count). The molecule has 0 atom stereocenters. The van der Waals surface area contributed by atoms with Crippen molar-refractivity contribution in [2.75, 3.05) is 31.2 Å². The van der Waals surface area contributed by atoms with Gasteiger partial charge in [-0.1, -0.05) is 31.1 Å². The molecule has 1 fully saturated rings. The second-order valence-corrected chi connectivity index (χ2v) is 5.72. The number of ether oxygens (including phenoxy) is 1. The lowest BCUT2D eigenvalue weighted by molar-refractivity contribution is 0.120. The van der Waals surface area contributed by atoms with E-state index in [2.05, 4.69) is 54.1 Å². The monoisotopic (exact) mass is 287 g/mol. The zero-order valence-corrected chi connectivity index (χ0v) is 12.8. The predicted molar refractivity (Wildman–Crippen MR) is 81.6 cm³/mol. The van der Waals surface area contributed by atoms with E-state index in [0.29, 0.717) is 31.0 Å². The van der Waals surface area contributed by atoms with E-state index in [1.165, 1.54) is 11.1 Å². The standard InChI is InChI=1S/C16H21N3O2/c1-11(2)13-4-5-14(12(3)10-13)15-17-18-16(21-15)19-6-8-20-9-7-19/h4-5,10-11H,6-9H2,1-3H3. The Hall–Kier alpha value is -1.88. The van der Waals surface area contributed by atoms with Crippen LogP contribution >= 0.6 is 0 Å². The highest BCUT2D eigenvalue weighted by Gasteiger charge is 2.19. The Morgan fingerprint density at radius 2 is 1.90 bits per heavy atom. The Labute approximate surface area is 124 Å². The fraction of sp³-hybridized carbons (Fsp3) is 0.500. The quantitative estimate of drug-likeness (QED) is 0.868. The molecule has 0 spiro atoms. The SMILES string of the molecule is Cc1cc(C(C)C)ccc1-c1nnc(N2CCOCC2)o1. The number of rotatable bonds is 3. The first-order valence-electron chi connectivity index (χ1n) is 7.42. The number of benzene rings is 1. The van der Waals surface area contributed by atoms with Crippen molar-refractivity contribution in [1.82, 2.24) is 10.2 Å². The number of hydrogen-bond acceptors (Lipinski definition) is 5.